The molecular formula is C24H20F2N6O2. The van der Waals surface area contributed by atoms with Gasteiger partial charge >= 0.3 is 0 Å². The first-order valence-electron chi connectivity index (χ1n) is 11.0. The van der Waals surface area contributed by atoms with Crippen LogP contribution in [0.25, 0.3) is 27.7 Å². The third-order valence-corrected chi connectivity index (χ3v) is 6.21. The van der Waals surface area contributed by atoms with Crippen LogP contribution in [0, 0.1) is 11.6 Å². The van der Waals surface area contributed by atoms with Crippen molar-refractivity contribution in [3.63, 3.8) is 0 Å². The first kappa shape index (κ1) is 20.8. The molecule has 10 heteroatoms. The minimum absolute atomic E-state index is 0.0687. The van der Waals surface area contributed by atoms with Crippen LogP contribution in [0.3, 0.4) is 0 Å². The van der Waals surface area contributed by atoms with Crippen LogP contribution in [0.2, 0.25) is 0 Å². The number of fused-ring (bicyclic) bond motifs is 1. The second-order valence-corrected chi connectivity index (χ2v) is 8.61. The van der Waals surface area contributed by atoms with E-state index in [-0.39, 0.29) is 22.7 Å². The topological polar surface area (TPSA) is 87.7 Å². The number of pyridine rings is 1. The Bertz CT molecular complexity index is 1520. The Morgan fingerprint density at radius 3 is 2.76 bits per heavy atom. The zero-order valence-corrected chi connectivity index (χ0v) is 18.3. The van der Waals surface area contributed by atoms with Crippen molar-refractivity contribution in [1.29, 1.82) is 0 Å². The highest BCUT2D eigenvalue weighted by Crippen LogP contribution is 2.37. The number of aromatic nitrogens is 6. The highest BCUT2D eigenvalue weighted by atomic mass is 19.1. The maximum absolute atomic E-state index is 14.7. The molecule has 1 saturated carbocycles. The molecule has 0 amide bonds. The Kier molecular flexibility index (Phi) is 4.84. The van der Waals surface area contributed by atoms with E-state index >= 15 is 0 Å². The zero-order chi connectivity index (χ0) is 23.4. The van der Waals surface area contributed by atoms with E-state index in [0.717, 1.165) is 34.7 Å². The molecule has 8 nitrogen and oxygen atoms in total. The van der Waals surface area contributed by atoms with Gasteiger partial charge < -0.3 is 4.74 Å². The molecule has 4 aromatic rings. The van der Waals surface area contributed by atoms with Crippen LogP contribution in [0.5, 0.6) is 0 Å². The Labute approximate surface area is 192 Å². The minimum atomic E-state index is -0.757. The van der Waals surface area contributed by atoms with Crippen LogP contribution in [0.1, 0.15) is 42.7 Å². The lowest BCUT2D eigenvalue weighted by atomic mass is 9.97. The van der Waals surface area contributed by atoms with E-state index in [1.54, 1.807) is 12.3 Å². The fraction of sp³-hybridized carbons (Fsp3) is 0.292. The monoisotopic (exact) mass is 462 g/mol. The van der Waals surface area contributed by atoms with Crippen molar-refractivity contribution in [2.75, 3.05) is 6.61 Å². The maximum atomic E-state index is 14.7. The molecule has 3 aromatic heterocycles. The fourth-order valence-corrected chi connectivity index (χ4v) is 4.23. The SMILES string of the molecule is Cn1nnc2c(-c3ccc(F)cc3F)cc(C3=C[C@H](c4cnn(C5CC5)c4)OCC3)nc2c1=O. The molecule has 0 bridgehead atoms. The van der Waals surface area contributed by atoms with Gasteiger partial charge in [0.2, 0.25) is 0 Å². The van der Waals surface area contributed by atoms with Crippen LogP contribution in [-0.2, 0) is 11.8 Å². The number of hydrogen-bond donors (Lipinski definition) is 0. The van der Waals surface area contributed by atoms with Crippen molar-refractivity contribution in [2.45, 2.75) is 31.4 Å². The highest BCUT2D eigenvalue weighted by molar-refractivity contribution is 5.92. The number of ether oxygens (including phenoxy) is 1. The van der Waals surface area contributed by atoms with Gasteiger partial charge in [0.25, 0.3) is 5.56 Å². The number of aryl methyl sites for hydroxylation is 1. The Morgan fingerprint density at radius 1 is 1.12 bits per heavy atom. The Balaban J connectivity index is 1.50. The summed E-state index contributed by atoms with van der Waals surface area (Å²) in [7, 11) is 1.47. The van der Waals surface area contributed by atoms with E-state index in [1.807, 2.05) is 17.0 Å². The van der Waals surface area contributed by atoms with E-state index in [9.17, 15) is 13.6 Å². The molecule has 0 N–H and O–H groups in total. The van der Waals surface area contributed by atoms with Crippen molar-refractivity contribution in [3.8, 4) is 11.1 Å². The van der Waals surface area contributed by atoms with Gasteiger partial charge in [0.05, 0.1) is 24.5 Å². The summed E-state index contributed by atoms with van der Waals surface area (Å²) in [5, 5.41) is 12.4. The quantitative estimate of drug-likeness (QED) is 0.459. The van der Waals surface area contributed by atoms with Gasteiger partial charge in [0, 0.05) is 36.0 Å². The summed E-state index contributed by atoms with van der Waals surface area (Å²) in [5.74, 6) is -1.45. The molecule has 1 aliphatic carbocycles. The van der Waals surface area contributed by atoms with Crippen molar-refractivity contribution < 1.29 is 13.5 Å². The van der Waals surface area contributed by atoms with Crippen LogP contribution >= 0.6 is 0 Å². The Morgan fingerprint density at radius 2 is 1.97 bits per heavy atom. The molecular weight excluding hydrogens is 442 g/mol. The first-order chi connectivity index (χ1) is 16.5. The minimum Gasteiger partial charge on any atom is -0.369 e. The summed E-state index contributed by atoms with van der Waals surface area (Å²) in [5.41, 5.74) is 2.54. The molecule has 1 aromatic carbocycles. The largest absolute Gasteiger partial charge is 0.369 e. The summed E-state index contributed by atoms with van der Waals surface area (Å²) in [6.07, 6.45) is 8.29. The van der Waals surface area contributed by atoms with E-state index < -0.39 is 17.2 Å². The van der Waals surface area contributed by atoms with E-state index in [1.165, 1.54) is 19.2 Å². The second-order valence-electron chi connectivity index (χ2n) is 8.61. The second kappa shape index (κ2) is 7.91. The predicted octanol–water partition coefficient (Wildman–Crippen LogP) is 3.75. The number of halogens is 2. The number of benzene rings is 1. The van der Waals surface area contributed by atoms with Gasteiger partial charge in [-0.2, -0.15) is 5.10 Å². The molecule has 6 rings (SSSR count). The molecule has 4 heterocycles. The molecule has 1 fully saturated rings. The van der Waals surface area contributed by atoms with Crippen molar-refractivity contribution >= 4 is 16.6 Å². The van der Waals surface area contributed by atoms with Gasteiger partial charge in [0.15, 0.2) is 5.52 Å². The van der Waals surface area contributed by atoms with Gasteiger partial charge in [-0.15, -0.1) is 5.10 Å². The van der Waals surface area contributed by atoms with Gasteiger partial charge in [-0.1, -0.05) is 5.21 Å². The fourth-order valence-electron chi connectivity index (χ4n) is 4.23. The summed E-state index contributed by atoms with van der Waals surface area (Å²) >= 11 is 0. The number of rotatable bonds is 4. The van der Waals surface area contributed by atoms with Gasteiger partial charge in [-0.05, 0) is 49.1 Å². The van der Waals surface area contributed by atoms with Crippen LogP contribution in [0.4, 0.5) is 8.78 Å². The lowest BCUT2D eigenvalue weighted by molar-refractivity contribution is 0.0826. The van der Waals surface area contributed by atoms with E-state index in [2.05, 4.69) is 20.4 Å². The number of nitrogens with zero attached hydrogens (tertiary/aromatic N) is 6. The highest BCUT2D eigenvalue weighted by Gasteiger charge is 2.27. The molecule has 0 radical (unpaired) electrons. The summed E-state index contributed by atoms with van der Waals surface area (Å²) in [4.78, 5) is 17.4. The molecule has 0 spiro atoms. The molecule has 1 atom stereocenters. The lowest BCUT2D eigenvalue weighted by Gasteiger charge is -2.21. The van der Waals surface area contributed by atoms with E-state index in [0.29, 0.717) is 30.3 Å². The molecule has 0 unspecified atom stereocenters. The summed E-state index contributed by atoms with van der Waals surface area (Å²) in [6, 6.07) is 5.44. The molecule has 1 aliphatic heterocycles. The van der Waals surface area contributed by atoms with Crippen molar-refractivity contribution in [3.05, 3.63) is 76.0 Å². The zero-order valence-electron chi connectivity index (χ0n) is 18.3. The van der Waals surface area contributed by atoms with E-state index in [4.69, 9.17) is 4.74 Å². The van der Waals surface area contributed by atoms with Gasteiger partial charge in [0.1, 0.15) is 23.3 Å². The third kappa shape index (κ3) is 3.60. The molecule has 34 heavy (non-hydrogen) atoms. The standard InChI is InChI=1S/C24H20F2N6O2/c1-31-24(33)23-22(29-30-31)18(17-5-2-15(25)9-19(17)26)10-20(28-23)13-6-7-34-21(8-13)14-11-27-32(12-14)16-3-4-16/h2,5,8-12,16,21H,3-4,6-7H2,1H3/t21-/m1/s1. The number of hydrogen-bond acceptors (Lipinski definition) is 6. The third-order valence-electron chi connectivity index (χ3n) is 6.21. The molecule has 2 aliphatic rings. The summed E-state index contributed by atoms with van der Waals surface area (Å²) in [6.45, 7) is 0.456. The van der Waals surface area contributed by atoms with Crippen LogP contribution in [-0.4, -0.2) is 36.4 Å². The Hall–Kier alpha value is -3.79. The lowest BCUT2D eigenvalue weighted by Crippen LogP contribution is -2.22. The van der Waals surface area contributed by atoms with Crippen LogP contribution in [0.15, 0.2) is 47.5 Å². The average molecular weight is 462 g/mol. The van der Waals surface area contributed by atoms with Gasteiger partial charge in [-0.3, -0.25) is 9.48 Å². The average Bonchev–Trinajstić information content (AvgIpc) is 3.57. The summed E-state index contributed by atoms with van der Waals surface area (Å²) < 4.78 is 37.3. The van der Waals surface area contributed by atoms with Gasteiger partial charge in [-0.25, -0.2) is 18.4 Å². The predicted molar refractivity (Wildman–Crippen MR) is 120 cm³/mol. The normalized spacial score (nSPS) is 18.3. The van der Waals surface area contributed by atoms with Crippen LogP contribution < -0.4 is 5.56 Å². The van der Waals surface area contributed by atoms with Crippen molar-refractivity contribution in [1.82, 2.24) is 29.8 Å². The smallest absolute Gasteiger partial charge is 0.296 e. The van der Waals surface area contributed by atoms with Crippen molar-refractivity contribution in [2.24, 2.45) is 7.05 Å². The molecule has 172 valence electrons. The molecule has 0 saturated heterocycles. The first-order valence-corrected chi connectivity index (χ1v) is 11.0. The maximum Gasteiger partial charge on any atom is 0.296 e.